The minimum Gasteiger partial charge on any atom is -0.0616 e. The third-order valence-electron chi connectivity index (χ3n) is 5.80. The maximum absolute atomic E-state index is 2.33. The highest BCUT2D eigenvalue weighted by molar-refractivity contribution is 6.15. The van der Waals surface area contributed by atoms with Crippen LogP contribution in [0.2, 0.25) is 0 Å². The van der Waals surface area contributed by atoms with E-state index in [2.05, 4.69) is 109 Å². The molecular weight excluding hydrogens is 336 g/mol. The lowest BCUT2D eigenvalue weighted by molar-refractivity contribution is 1.69. The minimum absolute atomic E-state index is 1.27. The van der Waals surface area contributed by atoms with E-state index in [-0.39, 0.29) is 0 Å². The predicted octanol–water partition coefficient (Wildman–Crippen LogP) is 7.97. The summed E-state index contributed by atoms with van der Waals surface area (Å²) in [6.45, 7) is 0. The Labute approximate surface area is 163 Å². The summed E-state index contributed by atoms with van der Waals surface area (Å²) in [6.07, 6.45) is 0. The van der Waals surface area contributed by atoms with Gasteiger partial charge in [0.05, 0.1) is 0 Å². The molecule has 0 aliphatic carbocycles. The first kappa shape index (κ1) is 15.4. The van der Waals surface area contributed by atoms with Gasteiger partial charge in [0.1, 0.15) is 0 Å². The quantitative estimate of drug-likeness (QED) is 0.207. The molecule has 0 heterocycles. The highest BCUT2D eigenvalue weighted by atomic mass is 14.1. The van der Waals surface area contributed by atoms with Crippen molar-refractivity contribution in [3.63, 3.8) is 0 Å². The number of hydrogen-bond donors (Lipinski definition) is 0. The Balaban J connectivity index is 1.66. The summed E-state index contributed by atoms with van der Waals surface area (Å²) in [7, 11) is 0. The van der Waals surface area contributed by atoms with E-state index < -0.39 is 0 Å². The molecule has 0 unspecified atom stereocenters. The molecule has 0 aliphatic rings. The van der Waals surface area contributed by atoms with Crippen molar-refractivity contribution in [2.24, 2.45) is 0 Å². The maximum Gasteiger partial charge on any atom is -0.00988 e. The third-order valence-corrected chi connectivity index (χ3v) is 5.80. The molecule has 6 aromatic carbocycles. The molecule has 0 saturated heterocycles. The van der Waals surface area contributed by atoms with Gasteiger partial charge in [0, 0.05) is 0 Å². The van der Waals surface area contributed by atoms with Gasteiger partial charge in [0.15, 0.2) is 0 Å². The number of hydrogen-bond acceptors (Lipinski definition) is 0. The molecule has 0 radical (unpaired) electrons. The highest BCUT2D eigenvalue weighted by Crippen LogP contribution is 2.35. The van der Waals surface area contributed by atoms with Crippen LogP contribution in [-0.4, -0.2) is 0 Å². The molecule has 0 N–H and O–H groups in total. The molecule has 0 saturated carbocycles. The Hall–Kier alpha value is -3.64. The molecule has 0 fully saturated rings. The van der Waals surface area contributed by atoms with Gasteiger partial charge in [0.2, 0.25) is 0 Å². The van der Waals surface area contributed by atoms with E-state index in [1.807, 2.05) is 0 Å². The van der Waals surface area contributed by atoms with Gasteiger partial charge in [-0.05, 0) is 72.4 Å². The molecule has 0 aliphatic heterocycles. The number of fused-ring (bicyclic) bond motifs is 5. The Bertz CT molecular complexity index is 1510. The second-order valence-corrected chi connectivity index (χ2v) is 7.45. The van der Waals surface area contributed by atoms with Gasteiger partial charge in [-0.2, -0.15) is 0 Å². The van der Waals surface area contributed by atoms with Crippen LogP contribution in [0.4, 0.5) is 0 Å². The zero-order valence-corrected chi connectivity index (χ0v) is 15.4. The largest absolute Gasteiger partial charge is 0.0616 e. The average Bonchev–Trinajstić information content (AvgIpc) is 2.77. The zero-order valence-electron chi connectivity index (χ0n) is 15.4. The highest BCUT2D eigenvalue weighted by Gasteiger charge is 2.08. The summed E-state index contributed by atoms with van der Waals surface area (Å²) in [5.74, 6) is 0. The Morgan fingerprint density at radius 2 is 1.00 bits per heavy atom. The number of rotatable bonds is 1. The smallest absolute Gasteiger partial charge is 0.00988 e. The van der Waals surface area contributed by atoms with Crippen molar-refractivity contribution in [2.45, 2.75) is 0 Å². The second-order valence-electron chi connectivity index (χ2n) is 7.45. The monoisotopic (exact) mass is 354 g/mol. The first-order chi connectivity index (χ1) is 13.9. The van der Waals surface area contributed by atoms with E-state index in [1.165, 1.54) is 54.2 Å². The SMILES string of the molecule is c1ccc2cc(-c3cccc4c3ccc3cc5ccccc5cc34)ccc2c1. The summed E-state index contributed by atoms with van der Waals surface area (Å²) in [5.41, 5.74) is 2.56. The van der Waals surface area contributed by atoms with Crippen molar-refractivity contribution in [2.75, 3.05) is 0 Å². The lowest BCUT2D eigenvalue weighted by Gasteiger charge is -2.11. The van der Waals surface area contributed by atoms with Crippen molar-refractivity contribution >= 4 is 43.1 Å². The summed E-state index contributed by atoms with van der Waals surface area (Å²) < 4.78 is 0. The van der Waals surface area contributed by atoms with Crippen molar-refractivity contribution in [1.82, 2.24) is 0 Å². The molecule has 0 spiro atoms. The Morgan fingerprint density at radius 3 is 1.82 bits per heavy atom. The molecule has 6 rings (SSSR count). The standard InChI is InChI=1S/C28H18/c1-2-7-20-16-23(13-12-19(20)6-1)25-10-5-11-26-27(25)15-14-24-17-21-8-3-4-9-22(21)18-28(24)26/h1-18H. The van der Waals surface area contributed by atoms with Crippen molar-refractivity contribution < 1.29 is 0 Å². The number of benzene rings is 6. The Kier molecular flexibility index (Phi) is 3.27. The molecule has 0 amide bonds. The molecule has 0 aromatic heterocycles. The van der Waals surface area contributed by atoms with E-state index in [0.717, 1.165) is 0 Å². The average molecular weight is 354 g/mol. The van der Waals surface area contributed by atoms with E-state index >= 15 is 0 Å². The van der Waals surface area contributed by atoms with E-state index in [0.29, 0.717) is 0 Å². The van der Waals surface area contributed by atoms with Crippen LogP contribution in [0.25, 0.3) is 54.2 Å². The maximum atomic E-state index is 2.33. The van der Waals surface area contributed by atoms with Gasteiger partial charge in [-0.3, -0.25) is 0 Å². The molecule has 0 atom stereocenters. The molecule has 0 heteroatoms. The van der Waals surface area contributed by atoms with Gasteiger partial charge in [0.25, 0.3) is 0 Å². The van der Waals surface area contributed by atoms with Crippen LogP contribution in [0.5, 0.6) is 0 Å². The van der Waals surface area contributed by atoms with Crippen molar-refractivity contribution in [1.29, 1.82) is 0 Å². The molecular formula is C28H18. The molecule has 0 bridgehead atoms. The minimum atomic E-state index is 1.27. The van der Waals surface area contributed by atoms with Crippen LogP contribution >= 0.6 is 0 Å². The van der Waals surface area contributed by atoms with Gasteiger partial charge in [-0.1, -0.05) is 91.0 Å². The van der Waals surface area contributed by atoms with E-state index in [9.17, 15) is 0 Å². The fraction of sp³-hybridized carbons (Fsp3) is 0. The van der Waals surface area contributed by atoms with Crippen LogP contribution in [0.1, 0.15) is 0 Å². The summed E-state index contributed by atoms with van der Waals surface area (Å²) in [5, 5.41) is 10.4. The van der Waals surface area contributed by atoms with Crippen LogP contribution in [0.15, 0.2) is 109 Å². The van der Waals surface area contributed by atoms with E-state index in [4.69, 9.17) is 0 Å². The second kappa shape index (κ2) is 5.94. The Morgan fingerprint density at radius 1 is 0.321 bits per heavy atom. The van der Waals surface area contributed by atoms with Gasteiger partial charge in [-0.25, -0.2) is 0 Å². The first-order valence-electron chi connectivity index (χ1n) is 9.70. The summed E-state index contributed by atoms with van der Waals surface area (Å²) >= 11 is 0. The normalized spacial score (nSPS) is 11.6. The fourth-order valence-electron chi connectivity index (χ4n) is 4.39. The van der Waals surface area contributed by atoms with E-state index in [1.54, 1.807) is 0 Å². The van der Waals surface area contributed by atoms with Gasteiger partial charge in [-0.15, -0.1) is 0 Å². The zero-order chi connectivity index (χ0) is 18.5. The van der Waals surface area contributed by atoms with Crippen LogP contribution in [0.3, 0.4) is 0 Å². The summed E-state index contributed by atoms with van der Waals surface area (Å²) in [6, 6.07) is 39.7. The third kappa shape index (κ3) is 2.32. The summed E-state index contributed by atoms with van der Waals surface area (Å²) in [4.78, 5) is 0. The van der Waals surface area contributed by atoms with Crippen LogP contribution < -0.4 is 0 Å². The molecule has 28 heavy (non-hydrogen) atoms. The molecule has 130 valence electrons. The van der Waals surface area contributed by atoms with Crippen LogP contribution in [0, 0.1) is 0 Å². The lowest BCUT2D eigenvalue weighted by atomic mass is 9.92. The first-order valence-corrected chi connectivity index (χ1v) is 9.70. The van der Waals surface area contributed by atoms with Gasteiger partial charge < -0.3 is 0 Å². The van der Waals surface area contributed by atoms with Crippen molar-refractivity contribution in [3.05, 3.63) is 109 Å². The fourth-order valence-corrected chi connectivity index (χ4v) is 4.39. The molecule has 6 aromatic rings. The molecule has 0 nitrogen and oxygen atoms in total. The lowest BCUT2D eigenvalue weighted by Crippen LogP contribution is -1.84. The predicted molar refractivity (Wildman–Crippen MR) is 122 cm³/mol. The van der Waals surface area contributed by atoms with Crippen molar-refractivity contribution in [3.8, 4) is 11.1 Å². The van der Waals surface area contributed by atoms with Gasteiger partial charge >= 0.3 is 0 Å². The topological polar surface area (TPSA) is 0 Å². The van der Waals surface area contributed by atoms with Crippen LogP contribution in [-0.2, 0) is 0 Å².